The van der Waals surface area contributed by atoms with E-state index in [1.807, 2.05) is 0 Å². The lowest BCUT2D eigenvalue weighted by molar-refractivity contribution is 0.573. The van der Waals surface area contributed by atoms with Crippen molar-refractivity contribution in [1.29, 1.82) is 0 Å². The molecule has 0 atom stereocenters. The summed E-state index contributed by atoms with van der Waals surface area (Å²) in [5.41, 5.74) is 7.63. The maximum absolute atomic E-state index is 7.15. The lowest BCUT2D eigenvalue weighted by Gasteiger charge is -2.34. The van der Waals surface area contributed by atoms with Gasteiger partial charge in [-0.25, -0.2) is 0 Å². The van der Waals surface area contributed by atoms with E-state index in [-0.39, 0.29) is 12.1 Å². The molecule has 0 saturated heterocycles. The Kier molecular flexibility index (Phi) is 11.2. The van der Waals surface area contributed by atoms with E-state index in [0.29, 0.717) is 0 Å². The molecule has 2 N–H and O–H groups in total. The number of nitrogens with one attached hydrogen (secondary N) is 2. The molecule has 6 aromatic rings. The minimum atomic E-state index is -2.16. The second kappa shape index (κ2) is 15.9. The predicted molar refractivity (Wildman–Crippen MR) is 211 cm³/mol. The van der Waals surface area contributed by atoms with Crippen LogP contribution < -0.4 is 21.0 Å². The van der Waals surface area contributed by atoms with Crippen molar-refractivity contribution in [2.45, 2.75) is 51.4 Å². The van der Waals surface area contributed by atoms with Crippen molar-refractivity contribution < 1.29 is 4.12 Å². The van der Waals surface area contributed by atoms with Gasteiger partial charge in [-0.3, -0.25) is 0 Å². The van der Waals surface area contributed by atoms with E-state index in [4.69, 9.17) is 4.12 Å². The van der Waals surface area contributed by atoms with Crippen molar-refractivity contribution in [3.63, 3.8) is 0 Å². The fourth-order valence-corrected chi connectivity index (χ4v) is 14.7. The highest BCUT2D eigenvalue weighted by molar-refractivity contribution is 6.96. The molecule has 0 aliphatic heterocycles. The van der Waals surface area contributed by atoms with E-state index < -0.39 is 16.6 Å². The number of benzene rings is 6. The predicted octanol–water partition coefficient (Wildman–Crippen LogP) is 8.99. The van der Waals surface area contributed by atoms with Crippen LogP contribution in [0.25, 0.3) is 0 Å². The Morgan fingerprint density at radius 1 is 0.388 bits per heavy atom. The van der Waals surface area contributed by atoms with Crippen LogP contribution in [0.3, 0.4) is 0 Å². The highest BCUT2D eigenvalue weighted by atomic mass is 28.4. The first-order chi connectivity index (χ1) is 23.8. The van der Waals surface area contributed by atoms with Crippen LogP contribution in [0.4, 0.5) is 0 Å². The van der Waals surface area contributed by atoms with E-state index >= 15 is 0 Å². The summed E-state index contributed by atoms with van der Waals surface area (Å²) in [7, 11) is -4.32. The molecule has 0 radical (unpaired) electrons. The molecule has 0 aromatic heterocycles. The highest BCUT2D eigenvalue weighted by Crippen LogP contribution is 2.24. The van der Waals surface area contributed by atoms with Gasteiger partial charge in [-0.05, 0) is 69.9 Å². The average Bonchev–Trinajstić information content (AvgIpc) is 3.14. The van der Waals surface area contributed by atoms with Gasteiger partial charge in [0, 0.05) is 13.1 Å². The Hall–Kier alpha value is -4.37. The minimum Gasteiger partial charge on any atom is -0.449 e. The van der Waals surface area contributed by atoms with E-state index in [0.717, 1.165) is 13.1 Å². The molecule has 0 amide bonds. The maximum atomic E-state index is 7.15. The van der Waals surface area contributed by atoms with Gasteiger partial charge < -0.3 is 14.7 Å². The van der Waals surface area contributed by atoms with Crippen LogP contribution >= 0.6 is 0 Å². The summed E-state index contributed by atoms with van der Waals surface area (Å²) in [6, 6.07) is 61.3. The van der Waals surface area contributed by atoms with Crippen LogP contribution in [0.1, 0.15) is 45.5 Å². The third-order valence-corrected chi connectivity index (χ3v) is 16.9. The summed E-state index contributed by atoms with van der Waals surface area (Å²) in [5, 5.41) is 10.3. The molecule has 5 heteroatoms. The topological polar surface area (TPSA) is 33.3 Å². The van der Waals surface area contributed by atoms with Crippen molar-refractivity contribution in [2.24, 2.45) is 0 Å². The molecule has 248 valence electrons. The number of hydrogen-bond donors (Lipinski definition) is 2. The van der Waals surface area contributed by atoms with Crippen LogP contribution in [0, 0.1) is 0 Å². The zero-order chi connectivity index (χ0) is 34.1. The van der Waals surface area contributed by atoms with Crippen molar-refractivity contribution in [3.8, 4) is 0 Å². The molecule has 0 heterocycles. The minimum absolute atomic E-state index is 0.138. The van der Waals surface area contributed by atoms with Gasteiger partial charge in [-0.1, -0.05) is 170 Å². The molecular weight excluding hydrogens is 629 g/mol. The van der Waals surface area contributed by atoms with Gasteiger partial charge in [-0.2, -0.15) is 0 Å². The molecule has 0 bridgehead atoms. The van der Waals surface area contributed by atoms with E-state index in [9.17, 15) is 0 Å². The first-order valence-electron chi connectivity index (χ1n) is 17.3. The maximum Gasteiger partial charge on any atom is 0.206 e. The van der Waals surface area contributed by atoms with Gasteiger partial charge in [0.1, 0.15) is 0 Å². The molecule has 0 fully saturated rings. The summed E-state index contributed by atoms with van der Waals surface area (Å²) in [5.74, 6) is 0. The zero-order valence-electron chi connectivity index (χ0n) is 29.1. The van der Waals surface area contributed by atoms with Crippen molar-refractivity contribution in [1.82, 2.24) is 10.6 Å². The quantitative estimate of drug-likeness (QED) is 0.113. The lowest BCUT2D eigenvalue weighted by Crippen LogP contribution is -2.57. The van der Waals surface area contributed by atoms with Gasteiger partial charge in [0.25, 0.3) is 0 Å². The van der Waals surface area contributed by atoms with Crippen molar-refractivity contribution in [2.75, 3.05) is 0 Å². The third kappa shape index (κ3) is 9.01. The first kappa shape index (κ1) is 34.5. The van der Waals surface area contributed by atoms with E-state index in [1.54, 1.807) is 0 Å². The van der Waals surface area contributed by atoms with Gasteiger partial charge in [0.05, 0.1) is 12.1 Å². The molecule has 0 unspecified atom stereocenters. The number of hydrogen-bond acceptors (Lipinski definition) is 3. The zero-order valence-corrected chi connectivity index (χ0v) is 31.1. The Labute approximate surface area is 295 Å². The molecule has 3 nitrogen and oxygen atoms in total. The summed E-state index contributed by atoms with van der Waals surface area (Å²) in [6.45, 7) is 10.9. The average molecular weight is 677 g/mol. The number of rotatable bonds is 14. The normalized spacial score (nSPS) is 12.0. The summed E-state index contributed by atoms with van der Waals surface area (Å²) >= 11 is 0. The molecule has 0 spiro atoms. The Bertz CT molecular complexity index is 1640. The standard InChI is InChI=1S/C44H48N2OSi2/c1-48(2,41-29-25-35(26-30-41)33-45-43(37-17-9-5-10-18-37)38-19-11-6-12-20-38)47-49(3,4)42-31-27-36(28-32-42)34-46-44(39-21-13-7-14-22-39)40-23-15-8-16-24-40/h5-32,43-46H,33-34H2,1-4H3. The Morgan fingerprint density at radius 2 is 0.653 bits per heavy atom. The highest BCUT2D eigenvalue weighted by Gasteiger charge is 2.36. The van der Waals surface area contributed by atoms with E-state index in [2.05, 4.69) is 207 Å². The second-order valence-corrected chi connectivity index (χ2v) is 21.8. The Balaban J connectivity index is 1.08. The Morgan fingerprint density at radius 3 is 0.918 bits per heavy atom. The molecule has 0 aliphatic carbocycles. The summed E-state index contributed by atoms with van der Waals surface area (Å²) < 4.78 is 7.15. The fourth-order valence-electron chi connectivity index (χ4n) is 6.68. The third-order valence-electron chi connectivity index (χ3n) is 9.36. The van der Waals surface area contributed by atoms with Gasteiger partial charge in [-0.15, -0.1) is 0 Å². The lowest BCUT2D eigenvalue weighted by atomic mass is 9.98. The molecule has 0 aliphatic rings. The largest absolute Gasteiger partial charge is 0.449 e. The molecule has 0 saturated carbocycles. The monoisotopic (exact) mass is 676 g/mol. The SMILES string of the molecule is C[Si](C)(O[Si](C)(C)c1ccc(CNC(c2ccccc2)c2ccccc2)cc1)c1ccc(CNC(c2ccccc2)c2ccccc2)cc1. The molecule has 6 rings (SSSR count). The van der Waals surface area contributed by atoms with Gasteiger partial charge >= 0.3 is 0 Å². The van der Waals surface area contributed by atoms with Crippen LogP contribution in [-0.4, -0.2) is 16.6 Å². The molecular formula is C44H48N2OSi2. The smallest absolute Gasteiger partial charge is 0.206 e. The molecule has 6 aromatic carbocycles. The van der Waals surface area contributed by atoms with Crippen LogP contribution in [0.15, 0.2) is 170 Å². The second-order valence-electron chi connectivity index (χ2n) is 13.8. The van der Waals surface area contributed by atoms with Crippen molar-refractivity contribution in [3.05, 3.63) is 203 Å². The molecule has 49 heavy (non-hydrogen) atoms. The van der Waals surface area contributed by atoms with Crippen LogP contribution in [-0.2, 0) is 17.2 Å². The van der Waals surface area contributed by atoms with Gasteiger partial charge in [0.2, 0.25) is 16.6 Å². The van der Waals surface area contributed by atoms with Gasteiger partial charge in [0.15, 0.2) is 0 Å². The fraction of sp³-hybridized carbons (Fsp3) is 0.182. The van der Waals surface area contributed by atoms with Crippen LogP contribution in [0.5, 0.6) is 0 Å². The summed E-state index contributed by atoms with van der Waals surface area (Å²) in [6.07, 6.45) is 0. The van der Waals surface area contributed by atoms with E-state index in [1.165, 1.54) is 43.8 Å². The first-order valence-corrected chi connectivity index (χ1v) is 23.2. The van der Waals surface area contributed by atoms with Crippen LogP contribution in [0.2, 0.25) is 26.2 Å². The summed E-state index contributed by atoms with van der Waals surface area (Å²) in [4.78, 5) is 0. The van der Waals surface area contributed by atoms with Crippen molar-refractivity contribution >= 4 is 27.0 Å².